The Labute approximate surface area is 100 Å². The molecule has 17 heavy (non-hydrogen) atoms. The highest BCUT2D eigenvalue weighted by Gasteiger charge is 2.06. The summed E-state index contributed by atoms with van der Waals surface area (Å²) in [4.78, 5) is 0. The van der Waals surface area contributed by atoms with Gasteiger partial charge in [-0.1, -0.05) is 18.2 Å². The van der Waals surface area contributed by atoms with Gasteiger partial charge in [0.15, 0.2) is 0 Å². The Kier molecular flexibility index (Phi) is 3.90. The number of hydrogen-bond donors (Lipinski definition) is 1. The summed E-state index contributed by atoms with van der Waals surface area (Å²) in [6, 6.07) is 9.68. The topological polar surface area (TPSA) is 51.0 Å². The quantitative estimate of drug-likeness (QED) is 0.625. The molecule has 0 aliphatic carbocycles. The van der Waals surface area contributed by atoms with Crippen molar-refractivity contribution < 1.29 is 4.42 Å². The lowest BCUT2D eigenvalue weighted by Gasteiger charge is -1.96. The monoisotopic (exact) mass is 227 g/mol. The largest absolute Gasteiger partial charge is 0.419 e. The van der Waals surface area contributed by atoms with Crippen LogP contribution in [0.15, 0.2) is 34.7 Å². The molecule has 0 spiro atoms. The molecule has 86 valence electrons. The van der Waals surface area contributed by atoms with Crippen molar-refractivity contribution in [2.75, 3.05) is 6.54 Å². The molecular weight excluding hydrogens is 214 g/mol. The van der Waals surface area contributed by atoms with Gasteiger partial charge in [0.1, 0.15) is 0 Å². The maximum atomic E-state index is 5.51. The van der Waals surface area contributed by atoms with Gasteiger partial charge in [0.05, 0.1) is 6.54 Å². The van der Waals surface area contributed by atoms with Crippen molar-refractivity contribution >= 4 is 0 Å². The average molecular weight is 227 g/mol. The lowest BCUT2D eigenvalue weighted by atomic mass is 10.2. The molecule has 0 unspecified atom stereocenters. The fraction of sp³-hybridized carbons (Fsp3) is 0.231. The maximum Gasteiger partial charge on any atom is 0.247 e. The van der Waals surface area contributed by atoms with E-state index in [2.05, 4.69) is 21.4 Å². The van der Waals surface area contributed by atoms with Gasteiger partial charge in [0.25, 0.3) is 0 Å². The second-order valence-electron chi connectivity index (χ2n) is 3.50. The minimum absolute atomic E-state index is 0.541. The van der Waals surface area contributed by atoms with Crippen LogP contribution in [-0.2, 0) is 6.54 Å². The summed E-state index contributed by atoms with van der Waals surface area (Å²) in [6.45, 7) is 1.29. The van der Waals surface area contributed by atoms with Crippen molar-refractivity contribution in [3.63, 3.8) is 0 Å². The van der Waals surface area contributed by atoms with Crippen LogP contribution in [0.4, 0.5) is 0 Å². The van der Waals surface area contributed by atoms with Crippen molar-refractivity contribution in [2.45, 2.75) is 13.0 Å². The van der Waals surface area contributed by atoms with Crippen LogP contribution in [0.2, 0.25) is 0 Å². The molecule has 0 atom stereocenters. The van der Waals surface area contributed by atoms with Crippen LogP contribution < -0.4 is 5.32 Å². The molecule has 0 fully saturated rings. The van der Waals surface area contributed by atoms with Gasteiger partial charge in [-0.2, -0.15) is 0 Å². The number of hydrogen-bond acceptors (Lipinski definition) is 4. The van der Waals surface area contributed by atoms with Gasteiger partial charge in [0, 0.05) is 18.5 Å². The van der Waals surface area contributed by atoms with Crippen LogP contribution in [0, 0.1) is 12.3 Å². The second kappa shape index (κ2) is 5.83. The molecule has 0 aliphatic rings. The van der Waals surface area contributed by atoms with Gasteiger partial charge in [-0.05, 0) is 12.1 Å². The standard InChI is InChI=1S/C13H13N3O/c1-2-3-9-14-10-12-15-16-13(17-12)11-7-5-4-6-8-11/h1,4-8,14H,3,9-10H2. The van der Waals surface area contributed by atoms with E-state index in [0.29, 0.717) is 24.7 Å². The Morgan fingerprint density at radius 2 is 2.06 bits per heavy atom. The van der Waals surface area contributed by atoms with Gasteiger partial charge >= 0.3 is 0 Å². The number of rotatable bonds is 5. The zero-order valence-electron chi connectivity index (χ0n) is 9.39. The average Bonchev–Trinajstić information content (AvgIpc) is 2.85. The Bertz CT molecular complexity index is 499. The van der Waals surface area contributed by atoms with Crippen molar-refractivity contribution in [1.82, 2.24) is 15.5 Å². The van der Waals surface area contributed by atoms with E-state index in [1.165, 1.54) is 0 Å². The third-order valence-corrected chi connectivity index (χ3v) is 2.21. The van der Waals surface area contributed by atoms with E-state index < -0.39 is 0 Å². The zero-order chi connectivity index (χ0) is 11.9. The van der Waals surface area contributed by atoms with Crippen molar-refractivity contribution in [3.8, 4) is 23.8 Å². The van der Waals surface area contributed by atoms with Crippen LogP contribution in [0.3, 0.4) is 0 Å². The molecular formula is C13H13N3O. The molecule has 1 N–H and O–H groups in total. The first-order chi connectivity index (χ1) is 8.40. The first-order valence-electron chi connectivity index (χ1n) is 5.42. The number of aromatic nitrogens is 2. The summed E-state index contributed by atoms with van der Waals surface area (Å²) in [5, 5.41) is 11.1. The summed E-state index contributed by atoms with van der Waals surface area (Å²) in [5.74, 6) is 3.67. The maximum absolute atomic E-state index is 5.51. The second-order valence-corrected chi connectivity index (χ2v) is 3.50. The number of nitrogens with one attached hydrogen (secondary N) is 1. The summed E-state index contributed by atoms with van der Waals surface area (Å²) in [6.07, 6.45) is 5.84. The lowest BCUT2D eigenvalue weighted by molar-refractivity contribution is 0.480. The van der Waals surface area contributed by atoms with Crippen LogP contribution in [-0.4, -0.2) is 16.7 Å². The highest BCUT2D eigenvalue weighted by Crippen LogP contribution is 2.16. The molecule has 1 aromatic heterocycles. The van der Waals surface area contributed by atoms with E-state index in [9.17, 15) is 0 Å². The lowest BCUT2D eigenvalue weighted by Crippen LogP contribution is -2.14. The summed E-state index contributed by atoms with van der Waals surface area (Å²) in [7, 11) is 0. The molecule has 0 amide bonds. The van der Waals surface area contributed by atoms with Gasteiger partial charge < -0.3 is 9.73 Å². The van der Waals surface area contributed by atoms with Gasteiger partial charge in [-0.25, -0.2) is 0 Å². The first kappa shape index (κ1) is 11.4. The highest BCUT2D eigenvalue weighted by molar-refractivity contribution is 5.51. The predicted molar refractivity (Wildman–Crippen MR) is 64.9 cm³/mol. The molecule has 2 rings (SSSR count). The molecule has 4 heteroatoms. The predicted octanol–water partition coefficient (Wildman–Crippen LogP) is 1.85. The molecule has 4 nitrogen and oxygen atoms in total. The van der Waals surface area contributed by atoms with E-state index in [1.807, 2.05) is 30.3 Å². The van der Waals surface area contributed by atoms with E-state index >= 15 is 0 Å². The number of terminal acetylenes is 1. The number of nitrogens with zero attached hydrogens (tertiary/aromatic N) is 2. The Balaban J connectivity index is 1.95. The molecule has 0 radical (unpaired) electrons. The number of benzene rings is 1. The van der Waals surface area contributed by atoms with Crippen molar-refractivity contribution in [2.24, 2.45) is 0 Å². The Morgan fingerprint density at radius 1 is 1.24 bits per heavy atom. The fourth-order valence-corrected chi connectivity index (χ4v) is 1.38. The molecule has 0 bridgehead atoms. The first-order valence-corrected chi connectivity index (χ1v) is 5.42. The molecule has 1 heterocycles. The van der Waals surface area contributed by atoms with Crippen LogP contribution in [0.5, 0.6) is 0 Å². The van der Waals surface area contributed by atoms with Crippen LogP contribution in [0.1, 0.15) is 12.3 Å². The van der Waals surface area contributed by atoms with E-state index in [-0.39, 0.29) is 0 Å². The van der Waals surface area contributed by atoms with Gasteiger partial charge in [0.2, 0.25) is 11.8 Å². The molecule has 2 aromatic rings. The van der Waals surface area contributed by atoms with Crippen molar-refractivity contribution in [1.29, 1.82) is 0 Å². The molecule has 0 saturated carbocycles. The zero-order valence-corrected chi connectivity index (χ0v) is 9.39. The van der Waals surface area contributed by atoms with E-state index in [1.54, 1.807) is 0 Å². The van der Waals surface area contributed by atoms with Crippen LogP contribution >= 0.6 is 0 Å². The minimum Gasteiger partial charge on any atom is -0.419 e. The smallest absolute Gasteiger partial charge is 0.247 e. The van der Waals surface area contributed by atoms with Crippen LogP contribution in [0.25, 0.3) is 11.5 Å². The highest BCUT2D eigenvalue weighted by atomic mass is 16.4. The van der Waals surface area contributed by atoms with Gasteiger partial charge in [-0.3, -0.25) is 0 Å². The summed E-state index contributed by atoms with van der Waals surface area (Å²) < 4.78 is 5.51. The summed E-state index contributed by atoms with van der Waals surface area (Å²) >= 11 is 0. The normalized spacial score (nSPS) is 10.1. The van der Waals surface area contributed by atoms with E-state index in [4.69, 9.17) is 10.8 Å². The van der Waals surface area contributed by atoms with E-state index in [0.717, 1.165) is 12.1 Å². The third-order valence-electron chi connectivity index (χ3n) is 2.21. The fourth-order valence-electron chi connectivity index (χ4n) is 1.38. The minimum atomic E-state index is 0.541. The Morgan fingerprint density at radius 3 is 2.82 bits per heavy atom. The SMILES string of the molecule is C#CCCNCc1nnc(-c2ccccc2)o1. The van der Waals surface area contributed by atoms with Crippen molar-refractivity contribution in [3.05, 3.63) is 36.2 Å². The summed E-state index contributed by atoms with van der Waals surface area (Å²) in [5.41, 5.74) is 0.926. The molecule has 0 saturated heterocycles. The molecule has 0 aliphatic heterocycles. The molecule has 1 aromatic carbocycles. The Hall–Kier alpha value is -2.12. The third kappa shape index (κ3) is 3.16. The van der Waals surface area contributed by atoms with Gasteiger partial charge in [-0.15, -0.1) is 22.5 Å².